The number of carbonyl (C=O) groups excluding carboxylic acids is 1. The summed E-state index contributed by atoms with van der Waals surface area (Å²) >= 11 is 0. The molecule has 4 rings (SSSR count). The van der Waals surface area contributed by atoms with E-state index in [1.54, 1.807) is 18.2 Å². The first-order valence-corrected chi connectivity index (χ1v) is 10.9. The number of methoxy groups -OCH3 is 1. The third-order valence-electron chi connectivity index (χ3n) is 5.76. The molecule has 1 amide bonds. The maximum absolute atomic E-state index is 13.1. The van der Waals surface area contributed by atoms with E-state index in [1.807, 2.05) is 24.3 Å². The van der Waals surface area contributed by atoms with E-state index in [9.17, 15) is 18.0 Å². The minimum Gasteiger partial charge on any atom is -0.496 e. The van der Waals surface area contributed by atoms with Crippen molar-refractivity contribution in [3.63, 3.8) is 0 Å². The number of benzene rings is 3. The van der Waals surface area contributed by atoms with Gasteiger partial charge in [-0.3, -0.25) is 0 Å². The van der Waals surface area contributed by atoms with Crippen molar-refractivity contribution in [2.45, 2.75) is 18.5 Å². The molecule has 0 unspecified atom stereocenters. The minimum atomic E-state index is -4.50. The average molecular weight is 467 g/mol. The minimum absolute atomic E-state index is 0.0176. The standard InChI is InChI=1S/C27H24F3NO3/c1-33-25-14-13-18(16-24(25)27(28,29)30)8-6-7-15-31-26(32)34-17-23-21-11-4-2-9-19(21)20-10-3-5-12-22(20)23/h2-6,8-14,16,23H,7,15,17H2,1H3,(H,31,32). The number of hydrogen-bond donors (Lipinski definition) is 1. The first-order chi connectivity index (χ1) is 16.4. The zero-order valence-corrected chi connectivity index (χ0v) is 18.6. The fraction of sp³-hybridized carbons (Fsp3) is 0.222. The van der Waals surface area contributed by atoms with Crippen LogP contribution in [0.2, 0.25) is 0 Å². The lowest BCUT2D eigenvalue weighted by atomic mass is 9.98. The number of fused-ring (bicyclic) bond motifs is 3. The topological polar surface area (TPSA) is 47.6 Å². The first-order valence-electron chi connectivity index (χ1n) is 10.9. The molecule has 0 aliphatic heterocycles. The number of hydrogen-bond acceptors (Lipinski definition) is 3. The summed E-state index contributed by atoms with van der Waals surface area (Å²) in [6, 6.07) is 20.1. The maximum atomic E-state index is 13.1. The van der Waals surface area contributed by atoms with E-state index < -0.39 is 17.8 Å². The van der Waals surface area contributed by atoms with Gasteiger partial charge in [-0.2, -0.15) is 13.2 Å². The molecule has 0 spiro atoms. The lowest BCUT2D eigenvalue weighted by Crippen LogP contribution is -2.26. The number of alkyl halides is 3. The molecule has 7 heteroatoms. The predicted octanol–water partition coefficient (Wildman–Crippen LogP) is 6.66. The third-order valence-corrected chi connectivity index (χ3v) is 5.76. The van der Waals surface area contributed by atoms with Crippen molar-refractivity contribution in [1.29, 1.82) is 0 Å². The Morgan fingerprint density at radius 2 is 1.65 bits per heavy atom. The molecule has 0 radical (unpaired) electrons. The van der Waals surface area contributed by atoms with Crippen LogP contribution in [0.15, 0.2) is 72.8 Å². The SMILES string of the molecule is COc1ccc(C=CCCNC(=O)OCC2c3ccccc3-c3ccccc32)cc1C(F)(F)F. The summed E-state index contributed by atoms with van der Waals surface area (Å²) in [6.45, 7) is 0.525. The molecule has 0 heterocycles. The molecule has 3 aromatic carbocycles. The van der Waals surface area contributed by atoms with Crippen LogP contribution >= 0.6 is 0 Å². The van der Waals surface area contributed by atoms with Gasteiger partial charge in [0.15, 0.2) is 0 Å². The predicted molar refractivity (Wildman–Crippen MR) is 125 cm³/mol. The van der Waals surface area contributed by atoms with Gasteiger partial charge in [0, 0.05) is 12.5 Å². The Hall–Kier alpha value is -3.74. The van der Waals surface area contributed by atoms with Crippen molar-refractivity contribution in [2.75, 3.05) is 20.3 Å². The van der Waals surface area contributed by atoms with Crippen LogP contribution in [-0.4, -0.2) is 26.4 Å². The van der Waals surface area contributed by atoms with Gasteiger partial charge in [-0.1, -0.05) is 66.7 Å². The highest BCUT2D eigenvalue weighted by atomic mass is 19.4. The molecule has 0 bridgehead atoms. The molecule has 0 saturated heterocycles. The van der Waals surface area contributed by atoms with Crippen LogP contribution in [0.3, 0.4) is 0 Å². The van der Waals surface area contributed by atoms with Crippen LogP contribution in [-0.2, 0) is 10.9 Å². The smallest absolute Gasteiger partial charge is 0.419 e. The lowest BCUT2D eigenvalue weighted by molar-refractivity contribution is -0.138. The molecule has 0 fully saturated rings. The van der Waals surface area contributed by atoms with Crippen molar-refractivity contribution < 1.29 is 27.4 Å². The highest BCUT2D eigenvalue weighted by Crippen LogP contribution is 2.44. The fourth-order valence-corrected chi connectivity index (χ4v) is 4.18. The zero-order valence-electron chi connectivity index (χ0n) is 18.6. The Bertz CT molecular complexity index is 1160. The van der Waals surface area contributed by atoms with Crippen molar-refractivity contribution in [2.24, 2.45) is 0 Å². The number of halogens is 3. The van der Waals surface area contributed by atoms with Gasteiger partial charge in [-0.15, -0.1) is 0 Å². The van der Waals surface area contributed by atoms with Crippen LogP contribution in [0.25, 0.3) is 17.2 Å². The van der Waals surface area contributed by atoms with E-state index in [1.165, 1.54) is 13.2 Å². The molecule has 176 valence electrons. The van der Waals surface area contributed by atoms with Gasteiger partial charge >= 0.3 is 12.3 Å². The number of amides is 1. The van der Waals surface area contributed by atoms with Crippen LogP contribution < -0.4 is 10.1 Å². The molecule has 3 aromatic rings. The van der Waals surface area contributed by atoms with Gasteiger partial charge in [-0.05, 0) is 46.4 Å². The van der Waals surface area contributed by atoms with Crippen molar-refractivity contribution >= 4 is 12.2 Å². The average Bonchev–Trinajstić information content (AvgIpc) is 3.15. The number of nitrogens with one attached hydrogen (secondary N) is 1. The number of carbonyl (C=O) groups is 1. The lowest BCUT2D eigenvalue weighted by Gasteiger charge is -2.14. The highest BCUT2D eigenvalue weighted by molar-refractivity contribution is 5.79. The number of alkyl carbamates (subject to hydrolysis) is 1. The van der Waals surface area contributed by atoms with Crippen LogP contribution in [0.4, 0.5) is 18.0 Å². The quantitative estimate of drug-likeness (QED) is 0.396. The van der Waals surface area contributed by atoms with E-state index in [-0.39, 0.29) is 18.3 Å². The van der Waals surface area contributed by atoms with Crippen LogP contribution in [0.5, 0.6) is 5.75 Å². The summed E-state index contributed by atoms with van der Waals surface area (Å²) in [5, 5.41) is 2.68. The zero-order chi connectivity index (χ0) is 24.1. The second-order valence-corrected chi connectivity index (χ2v) is 7.90. The Kier molecular flexibility index (Phi) is 6.91. The van der Waals surface area contributed by atoms with Crippen molar-refractivity contribution in [1.82, 2.24) is 5.32 Å². The first kappa shape index (κ1) is 23.4. The molecular weight excluding hydrogens is 443 g/mol. The van der Waals surface area contributed by atoms with Crippen LogP contribution in [0, 0.1) is 0 Å². The highest BCUT2D eigenvalue weighted by Gasteiger charge is 2.34. The Balaban J connectivity index is 1.28. The molecule has 4 nitrogen and oxygen atoms in total. The van der Waals surface area contributed by atoms with E-state index in [2.05, 4.69) is 29.6 Å². The van der Waals surface area contributed by atoms with E-state index >= 15 is 0 Å². The summed E-state index contributed by atoms with van der Waals surface area (Å²) in [5.74, 6) is -0.238. The largest absolute Gasteiger partial charge is 0.496 e. The Morgan fingerprint density at radius 3 is 2.26 bits per heavy atom. The van der Waals surface area contributed by atoms with Gasteiger partial charge in [-0.25, -0.2) is 4.79 Å². The molecule has 34 heavy (non-hydrogen) atoms. The summed E-state index contributed by atoms with van der Waals surface area (Å²) < 4.78 is 49.7. The molecule has 1 aliphatic rings. The molecule has 1 aliphatic carbocycles. The second-order valence-electron chi connectivity index (χ2n) is 7.90. The van der Waals surface area contributed by atoms with Crippen molar-refractivity contribution in [3.05, 3.63) is 95.1 Å². The van der Waals surface area contributed by atoms with Gasteiger partial charge in [0.1, 0.15) is 12.4 Å². The molecule has 0 aromatic heterocycles. The molecular formula is C27H24F3NO3. The normalized spacial score (nSPS) is 12.9. The number of ether oxygens (including phenoxy) is 2. The van der Waals surface area contributed by atoms with Gasteiger partial charge < -0.3 is 14.8 Å². The summed E-state index contributed by atoms with van der Waals surface area (Å²) in [4.78, 5) is 12.2. The fourth-order valence-electron chi connectivity index (χ4n) is 4.18. The number of rotatable bonds is 7. The van der Waals surface area contributed by atoms with Gasteiger partial charge in [0.2, 0.25) is 0 Å². The molecule has 0 atom stereocenters. The molecule has 1 N–H and O–H groups in total. The second kappa shape index (κ2) is 10.0. The Labute approximate surface area is 196 Å². The van der Waals surface area contributed by atoms with E-state index in [0.717, 1.165) is 28.3 Å². The van der Waals surface area contributed by atoms with Gasteiger partial charge in [0.05, 0.1) is 12.7 Å². The van der Waals surface area contributed by atoms with E-state index in [4.69, 9.17) is 9.47 Å². The van der Waals surface area contributed by atoms with Crippen LogP contribution in [0.1, 0.15) is 34.6 Å². The molecule has 0 saturated carbocycles. The summed E-state index contributed by atoms with van der Waals surface area (Å²) in [5.41, 5.74) is 4.16. The van der Waals surface area contributed by atoms with E-state index in [0.29, 0.717) is 18.5 Å². The van der Waals surface area contributed by atoms with Gasteiger partial charge in [0.25, 0.3) is 0 Å². The summed E-state index contributed by atoms with van der Waals surface area (Å²) in [7, 11) is 1.20. The summed E-state index contributed by atoms with van der Waals surface area (Å²) in [6.07, 6.45) is -1.31. The monoisotopic (exact) mass is 467 g/mol. The Morgan fingerprint density at radius 1 is 1.00 bits per heavy atom. The maximum Gasteiger partial charge on any atom is 0.419 e. The van der Waals surface area contributed by atoms with Crippen molar-refractivity contribution in [3.8, 4) is 16.9 Å². The third kappa shape index (κ3) is 5.09.